The van der Waals surface area contributed by atoms with E-state index >= 15 is 4.79 Å². The topological polar surface area (TPSA) is 231 Å². The SMILES string of the molecule is CC(=O)OC1=C2C(C)C(OC(=O)[C@H](O)C(NC(=O)OCC(C)C)=C3CCCCC3)C[C@@](O)([C@@H](OC(=O)c3ccccc3)[C@@H]3[C@]4(OC(C)=O)CO[C@@H]4C[C@H](O)[C@@]3(C)C1=O)C2(C)C. The first-order chi connectivity index (χ1) is 28.6. The van der Waals surface area contributed by atoms with E-state index in [9.17, 15) is 39.3 Å². The van der Waals surface area contributed by atoms with E-state index in [0.717, 1.165) is 33.1 Å². The van der Waals surface area contributed by atoms with E-state index in [1.807, 2.05) is 13.8 Å². The van der Waals surface area contributed by atoms with Gasteiger partial charge in [0.25, 0.3) is 0 Å². The van der Waals surface area contributed by atoms with E-state index in [0.29, 0.717) is 18.4 Å². The Balaban J connectivity index is 1.53. The van der Waals surface area contributed by atoms with Gasteiger partial charge in [0.15, 0.2) is 17.5 Å². The highest BCUT2D eigenvalue weighted by Crippen LogP contribution is 2.65. The van der Waals surface area contributed by atoms with Gasteiger partial charge in [0.2, 0.25) is 5.78 Å². The van der Waals surface area contributed by atoms with Crippen LogP contribution in [0, 0.1) is 28.6 Å². The quantitative estimate of drug-likeness (QED) is 0.189. The van der Waals surface area contributed by atoms with Crippen molar-refractivity contribution >= 4 is 35.8 Å². The lowest BCUT2D eigenvalue weighted by molar-refractivity contribution is -0.345. The first-order valence-corrected chi connectivity index (χ1v) is 21.1. The predicted molar refractivity (Wildman–Crippen MR) is 214 cm³/mol. The van der Waals surface area contributed by atoms with E-state index in [2.05, 4.69) is 5.32 Å². The van der Waals surface area contributed by atoms with E-state index in [4.69, 9.17) is 28.4 Å². The zero-order valence-corrected chi connectivity index (χ0v) is 36.1. The van der Waals surface area contributed by atoms with Crippen molar-refractivity contribution in [1.29, 1.82) is 0 Å². The Bertz CT molecular complexity index is 1980. The summed E-state index contributed by atoms with van der Waals surface area (Å²) in [6.07, 6.45) is -5.99. The largest absolute Gasteiger partial charge is 0.459 e. The molecule has 1 aromatic rings. The molecule has 0 aromatic heterocycles. The van der Waals surface area contributed by atoms with Crippen LogP contribution >= 0.6 is 0 Å². The standard InChI is InChI=1S/C45H59NO15/c1-23(2)21-56-41(54)46-33(27-15-11-9-12-16-27)34(50)40(53)59-29-20-45(55)38(60-39(52)28-17-13-10-14-18-28)36-43(8,30(49)19-31-44(36,22-57-31)61-26(5)48)37(51)35(58-25(4)47)32(24(29)3)42(45,6)7/h10,13-14,17-18,23-24,29-31,34,36,38,49-50,55H,9,11-12,15-16,19-22H2,1-8H3,(H,46,54)/t24?,29?,30-,31+,34+,36-,38-,43+,44-,45+/m0/s1. The monoisotopic (exact) mass is 853 g/mol. The third kappa shape index (κ3) is 8.12. The lowest BCUT2D eigenvalue weighted by Crippen LogP contribution is -2.81. The number of hydrogen-bond acceptors (Lipinski definition) is 15. The van der Waals surface area contributed by atoms with Crippen LogP contribution in [0.3, 0.4) is 0 Å². The van der Waals surface area contributed by atoms with Gasteiger partial charge in [-0.15, -0.1) is 0 Å². The molecular formula is C45H59NO15. The lowest BCUT2D eigenvalue weighted by atomic mass is 9.45. The Hall–Kier alpha value is -4.64. The molecule has 4 N–H and O–H groups in total. The number of esters is 4. The third-order valence-electron chi connectivity index (χ3n) is 13.6. The second-order valence-corrected chi connectivity index (χ2v) is 18.3. The Morgan fingerprint density at radius 1 is 0.967 bits per heavy atom. The molecule has 4 aliphatic carbocycles. The number of ketones is 1. The van der Waals surface area contributed by atoms with E-state index in [1.54, 1.807) is 39.0 Å². The van der Waals surface area contributed by atoms with Crippen LogP contribution in [-0.2, 0) is 47.6 Å². The Morgan fingerprint density at radius 2 is 1.62 bits per heavy atom. The summed E-state index contributed by atoms with van der Waals surface area (Å²) in [4.78, 5) is 82.8. The van der Waals surface area contributed by atoms with Gasteiger partial charge in [-0.2, -0.15) is 0 Å². The molecular weight excluding hydrogens is 794 g/mol. The molecule has 1 aromatic carbocycles. The summed E-state index contributed by atoms with van der Waals surface area (Å²) < 4.78 is 35.5. The van der Waals surface area contributed by atoms with Crippen LogP contribution in [0.2, 0.25) is 0 Å². The molecule has 16 nitrogen and oxygen atoms in total. The second kappa shape index (κ2) is 17.3. The maximum atomic E-state index is 15.4. The summed E-state index contributed by atoms with van der Waals surface area (Å²) in [5.74, 6) is -7.81. The first kappa shape index (κ1) is 45.9. The van der Waals surface area contributed by atoms with Crippen LogP contribution in [0.5, 0.6) is 0 Å². The summed E-state index contributed by atoms with van der Waals surface area (Å²) in [7, 11) is 0. The summed E-state index contributed by atoms with van der Waals surface area (Å²) in [6, 6.07) is 7.87. The minimum atomic E-state index is -2.37. The maximum Gasteiger partial charge on any atom is 0.411 e. The van der Waals surface area contributed by atoms with Crippen molar-refractivity contribution in [3.05, 3.63) is 58.5 Å². The maximum absolute atomic E-state index is 15.4. The smallest absolute Gasteiger partial charge is 0.411 e. The molecule has 10 atom stereocenters. The normalized spacial score (nSPS) is 33.3. The summed E-state index contributed by atoms with van der Waals surface area (Å²) in [6.45, 7) is 11.9. The van der Waals surface area contributed by atoms with Gasteiger partial charge in [-0.3, -0.25) is 19.7 Å². The number of aliphatic hydroxyl groups excluding tert-OH is 2. The van der Waals surface area contributed by atoms with Gasteiger partial charge in [0.05, 0.1) is 41.9 Å². The van der Waals surface area contributed by atoms with Crippen molar-refractivity contribution < 1.29 is 72.5 Å². The van der Waals surface area contributed by atoms with Crippen LogP contribution in [0.1, 0.15) is 111 Å². The van der Waals surface area contributed by atoms with E-state index in [1.165, 1.54) is 19.1 Å². The third-order valence-corrected chi connectivity index (χ3v) is 13.6. The number of aliphatic hydroxyl groups is 3. The van der Waals surface area contributed by atoms with Crippen LogP contribution in [0.4, 0.5) is 4.79 Å². The number of carbonyl (C=O) groups excluding carboxylic acids is 6. The summed E-state index contributed by atoms with van der Waals surface area (Å²) in [5, 5.41) is 40.0. The van der Waals surface area contributed by atoms with Crippen molar-refractivity contribution in [3.8, 4) is 0 Å². The first-order valence-electron chi connectivity index (χ1n) is 21.1. The van der Waals surface area contributed by atoms with Crippen molar-refractivity contribution in [1.82, 2.24) is 5.32 Å². The number of fused-ring (bicyclic) bond motifs is 5. The van der Waals surface area contributed by atoms with Crippen molar-refractivity contribution in [2.75, 3.05) is 13.2 Å². The molecule has 5 aliphatic rings. The summed E-state index contributed by atoms with van der Waals surface area (Å²) in [5.41, 5.74) is -7.21. The van der Waals surface area contributed by atoms with Crippen LogP contribution < -0.4 is 5.32 Å². The van der Waals surface area contributed by atoms with E-state index < -0.39 is 112 Å². The molecule has 2 unspecified atom stereocenters. The molecule has 1 amide bonds. The molecule has 1 saturated heterocycles. The number of ether oxygens (including phenoxy) is 6. The fourth-order valence-electron chi connectivity index (χ4n) is 10.3. The van der Waals surface area contributed by atoms with Crippen molar-refractivity contribution in [2.24, 2.45) is 28.6 Å². The number of amides is 1. The molecule has 0 radical (unpaired) electrons. The average molecular weight is 854 g/mol. The molecule has 61 heavy (non-hydrogen) atoms. The number of alkyl carbamates (subject to hydrolysis) is 1. The van der Waals surface area contributed by atoms with E-state index in [-0.39, 0.29) is 42.4 Å². The molecule has 1 heterocycles. The Kier molecular flexibility index (Phi) is 13.0. The lowest BCUT2D eigenvalue weighted by Gasteiger charge is -2.67. The molecule has 4 fully saturated rings. The fourth-order valence-corrected chi connectivity index (χ4v) is 10.3. The highest BCUT2D eigenvalue weighted by molar-refractivity contribution is 6.02. The van der Waals surface area contributed by atoms with Gasteiger partial charge in [-0.05, 0) is 61.8 Å². The van der Waals surface area contributed by atoms with Gasteiger partial charge in [0.1, 0.15) is 23.9 Å². The van der Waals surface area contributed by atoms with Gasteiger partial charge in [-0.1, -0.05) is 59.2 Å². The van der Waals surface area contributed by atoms with Crippen molar-refractivity contribution in [3.63, 3.8) is 0 Å². The molecule has 0 spiro atoms. The second-order valence-electron chi connectivity index (χ2n) is 18.3. The highest BCUT2D eigenvalue weighted by atomic mass is 16.6. The Morgan fingerprint density at radius 3 is 2.20 bits per heavy atom. The average Bonchev–Trinajstić information content (AvgIpc) is 3.20. The van der Waals surface area contributed by atoms with Crippen LogP contribution in [0.15, 0.2) is 52.9 Å². The molecule has 1 aliphatic heterocycles. The number of hydrogen-bond donors (Lipinski definition) is 4. The van der Waals surface area contributed by atoms with Gasteiger partial charge in [-0.25, -0.2) is 14.4 Å². The van der Waals surface area contributed by atoms with Crippen LogP contribution in [0.25, 0.3) is 0 Å². The minimum Gasteiger partial charge on any atom is -0.459 e. The number of allylic oxidation sites excluding steroid dienone is 2. The molecule has 3 saturated carbocycles. The van der Waals surface area contributed by atoms with Gasteiger partial charge >= 0.3 is 30.0 Å². The molecule has 6 rings (SSSR count). The van der Waals surface area contributed by atoms with Crippen LogP contribution in [-0.4, -0.2) is 106 Å². The summed E-state index contributed by atoms with van der Waals surface area (Å²) >= 11 is 0. The molecule has 2 bridgehead atoms. The molecule has 16 heteroatoms. The minimum absolute atomic E-state index is 0.0103. The molecule has 334 valence electrons. The number of nitrogens with one attached hydrogen (secondary N) is 1. The van der Waals surface area contributed by atoms with Gasteiger partial charge < -0.3 is 43.7 Å². The zero-order chi connectivity index (χ0) is 44.8. The van der Waals surface area contributed by atoms with Crippen molar-refractivity contribution in [2.45, 2.75) is 142 Å². The number of rotatable bonds is 10. The number of Topliss-reactive ketones (excluding diaryl/α,β-unsaturated/α-hetero) is 1. The fraction of sp³-hybridized carbons (Fsp3) is 0.644. The van der Waals surface area contributed by atoms with Gasteiger partial charge in [0, 0.05) is 38.0 Å². The zero-order valence-electron chi connectivity index (χ0n) is 36.1. The Labute approximate surface area is 355 Å². The highest BCUT2D eigenvalue weighted by Gasteiger charge is 2.78. The number of carbonyl (C=O) groups is 6. The number of benzene rings is 1. The predicted octanol–water partition coefficient (Wildman–Crippen LogP) is 4.37.